The Morgan fingerprint density at radius 3 is 2.13 bits per heavy atom. The number of sulfone groups is 1. The molecule has 0 bridgehead atoms. The van der Waals surface area contributed by atoms with E-state index in [9.17, 15) is 18.3 Å². The van der Waals surface area contributed by atoms with E-state index >= 15 is 0 Å². The lowest BCUT2D eigenvalue weighted by molar-refractivity contribution is -0.137. The third-order valence-electron chi connectivity index (χ3n) is 2.62. The minimum absolute atomic E-state index is 0.400. The van der Waals surface area contributed by atoms with Crippen LogP contribution < -0.4 is 5.32 Å². The van der Waals surface area contributed by atoms with E-state index in [1.165, 1.54) is 6.92 Å². The molecule has 5 nitrogen and oxygen atoms in total. The molecule has 1 fully saturated rings. The van der Waals surface area contributed by atoms with Gasteiger partial charge < -0.3 is 10.4 Å². The maximum absolute atomic E-state index is 12.0. The fourth-order valence-corrected chi connectivity index (χ4v) is 3.26. The van der Waals surface area contributed by atoms with Gasteiger partial charge >= 0.3 is 0 Å². The molecule has 0 aromatic carbocycles. The topological polar surface area (TPSA) is 83.5 Å². The van der Waals surface area contributed by atoms with Crippen molar-refractivity contribution >= 4 is 15.7 Å². The standard InChI is InChI=1S/C9H17NO4S/c1-5(11)6-7(12)10-8(6)15(13,14)9(2,3)4/h5-6,8,11H,1-4H3,(H,10,12)/t5-,6?,8?/m1/s1. The summed E-state index contributed by atoms with van der Waals surface area (Å²) in [6.45, 7) is 6.15. The zero-order valence-corrected chi connectivity index (χ0v) is 10.1. The quantitative estimate of drug-likeness (QED) is 0.641. The van der Waals surface area contributed by atoms with E-state index in [-0.39, 0.29) is 0 Å². The number of hydrogen-bond donors (Lipinski definition) is 2. The lowest BCUT2D eigenvalue weighted by Gasteiger charge is -2.40. The highest BCUT2D eigenvalue weighted by Gasteiger charge is 2.53. The fraction of sp³-hybridized carbons (Fsp3) is 0.889. The number of amides is 1. The predicted molar refractivity (Wildman–Crippen MR) is 55.8 cm³/mol. The molecule has 0 saturated carbocycles. The Balaban J connectivity index is 2.98. The van der Waals surface area contributed by atoms with Crippen molar-refractivity contribution in [3.05, 3.63) is 0 Å². The maximum Gasteiger partial charge on any atom is 0.229 e. The van der Waals surface area contributed by atoms with E-state index < -0.39 is 37.9 Å². The minimum Gasteiger partial charge on any atom is -0.392 e. The number of carbonyl (C=O) groups is 1. The molecular weight excluding hydrogens is 218 g/mol. The lowest BCUT2D eigenvalue weighted by atomic mass is 9.96. The second kappa shape index (κ2) is 3.45. The molecule has 15 heavy (non-hydrogen) atoms. The first kappa shape index (κ1) is 12.4. The summed E-state index contributed by atoms with van der Waals surface area (Å²) in [6, 6.07) is 0. The number of β-lactam (4-membered cyclic amide) rings is 1. The third kappa shape index (κ3) is 1.88. The zero-order chi connectivity index (χ0) is 12.0. The van der Waals surface area contributed by atoms with Crippen molar-refractivity contribution in [2.24, 2.45) is 5.92 Å². The van der Waals surface area contributed by atoms with Crippen LogP contribution in [0.25, 0.3) is 0 Å². The molecule has 1 saturated heterocycles. The summed E-state index contributed by atoms with van der Waals surface area (Å²) in [7, 11) is -3.46. The van der Waals surface area contributed by atoms with Gasteiger partial charge in [-0.25, -0.2) is 8.42 Å². The van der Waals surface area contributed by atoms with Crippen LogP contribution in [0.4, 0.5) is 0 Å². The highest BCUT2D eigenvalue weighted by molar-refractivity contribution is 7.93. The predicted octanol–water partition coefficient (Wildman–Crippen LogP) is -0.347. The van der Waals surface area contributed by atoms with Gasteiger partial charge in [0.05, 0.1) is 16.8 Å². The molecule has 1 aliphatic rings. The zero-order valence-electron chi connectivity index (χ0n) is 9.31. The Labute approximate surface area is 89.8 Å². The third-order valence-corrected chi connectivity index (χ3v) is 5.41. The molecule has 0 aromatic rings. The molecule has 2 unspecified atom stereocenters. The van der Waals surface area contributed by atoms with E-state index in [2.05, 4.69) is 5.32 Å². The first-order chi connectivity index (χ1) is 6.59. The molecular formula is C9H17NO4S. The van der Waals surface area contributed by atoms with Crippen LogP contribution in [0.5, 0.6) is 0 Å². The van der Waals surface area contributed by atoms with Crippen molar-refractivity contribution < 1.29 is 18.3 Å². The average Bonchev–Trinajstić information content (AvgIpc) is 1.95. The van der Waals surface area contributed by atoms with Gasteiger partial charge in [0.15, 0.2) is 9.84 Å². The number of hydrogen-bond acceptors (Lipinski definition) is 4. The summed E-state index contributed by atoms with van der Waals surface area (Å²) < 4.78 is 23.0. The Hall–Kier alpha value is -0.620. The van der Waals surface area contributed by atoms with Gasteiger partial charge in [0.1, 0.15) is 5.37 Å². The van der Waals surface area contributed by atoms with Crippen LogP contribution in [0.1, 0.15) is 27.7 Å². The van der Waals surface area contributed by atoms with Crippen LogP contribution in [0.2, 0.25) is 0 Å². The number of aliphatic hydroxyl groups excluding tert-OH is 1. The van der Waals surface area contributed by atoms with Gasteiger partial charge in [0.2, 0.25) is 5.91 Å². The number of rotatable bonds is 2. The molecule has 6 heteroatoms. The van der Waals surface area contributed by atoms with Crippen LogP contribution in [0.15, 0.2) is 0 Å². The summed E-state index contributed by atoms with van der Waals surface area (Å²) in [5.74, 6) is -1.24. The van der Waals surface area contributed by atoms with Crippen LogP contribution in [-0.2, 0) is 14.6 Å². The molecule has 0 aliphatic carbocycles. The Morgan fingerprint density at radius 1 is 1.40 bits per heavy atom. The van der Waals surface area contributed by atoms with Crippen LogP contribution >= 0.6 is 0 Å². The monoisotopic (exact) mass is 235 g/mol. The second-order valence-electron chi connectivity index (χ2n) is 4.85. The van der Waals surface area contributed by atoms with Gasteiger partial charge in [-0.3, -0.25) is 4.79 Å². The SMILES string of the molecule is C[C@@H](O)C1C(=O)NC1S(=O)(=O)C(C)(C)C. The van der Waals surface area contributed by atoms with E-state index in [1.807, 2.05) is 0 Å². The Bertz CT molecular complexity index is 366. The summed E-state index contributed by atoms with van der Waals surface area (Å²) in [6.07, 6.45) is -0.944. The van der Waals surface area contributed by atoms with Crippen LogP contribution in [-0.4, -0.2) is 35.7 Å². The lowest BCUT2D eigenvalue weighted by Crippen LogP contribution is -2.67. The molecule has 0 aromatic heterocycles. The van der Waals surface area contributed by atoms with Gasteiger partial charge in [-0.2, -0.15) is 0 Å². The largest absolute Gasteiger partial charge is 0.392 e. The van der Waals surface area contributed by atoms with Crippen molar-refractivity contribution in [1.82, 2.24) is 5.32 Å². The summed E-state index contributed by atoms with van der Waals surface area (Å²) in [5, 5.41) is 10.7. The summed E-state index contributed by atoms with van der Waals surface area (Å²) in [5.41, 5.74) is 0. The van der Waals surface area contributed by atoms with Crippen LogP contribution in [0, 0.1) is 5.92 Å². The number of aliphatic hydroxyl groups is 1. The molecule has 1 amide bonds. The van der Waals surface area contributed by atoms with Crippen molar-refractivity contribution in [3.63, 3.8) is 0 Å². The molecule has 1 aliphatic heterocycles. The normalized spacial score (nSPS) is 29.3. The van der Waals surface area contributed by atoms with Crippen LogP contribution in [0.3, 0.4) is 0 Å². The molecule has 1 rings (SSSR count). The highest BCUT2D eigenvalue weighted by Crippen LogP contribution is 2.30. The Kier molecular flexibility index (Phi) is 2.86. The van der Waals surface area contributed by atoms with Gasteiger partial charge in [0, 0.05) is 0 Å². The minimum atomic E-state index is -3.46. The fourth-order valence-electron chi connectivity index (χ4n) is 1.49. The number of nitrogens with one attached hydrogen (secondary N) is 1. The summed E-state index contributed by atoms with van der Waals surface area (Å²) in [4.78, 5) is 11.1. The van der Waals surface area contributed by atoms with Crippen molar-refractivity contribution in [3.8, 4) is 0 Å². The second-order valence-corrected chi connectivity index (χ2v) is 7.68. The van der Waals surface area contributed by atoms with Gasteiger partial charge in [-0.15, -0.1) is 0 Å². The maximum atomic E-state index is 12.0. The van der Waals surface area contributed by atoms with Gasteiger partial charge in [0.25, 0.3) is 0 Å². The molecule has 2 N–H and O–H groups in total. The van der Waals surface area contributed by atoms with E-state index in [0.29, 0.717) is 0 Å². The van der Waals surface area contributed by atoms with E-state index in [4.69, 9.17) is 0 Å². The number of carbonyl (C=O) groups excluding carboxylic acids is 1. The van der Waals surface area contributed by atoms with Crippen molar-refractivity contribution in [2.75, 3.05) is 0 Å². The molecule has 1 heterocycles. The molecule has 88 valence electrons. The molecule has 3 atom stereocenters. The molecule has 0 spiro atoms. The summed E-state index contributed by atoms with van der Waals surface area (Å²) >= 11 is 0. The van der Waals surface area contributed by atoms with E-state index in [1.54, 1.807) is 20.8 Å². The first-order valence-corrected chi connectivity index (χ1v) is 6.35. The highest BCUT2D eigenvalue weighted by atomic mass is 32.2. The van der Waals surface area contributed by atoms with Gasteiger partial charge in [-0.1, -0.05) is 0 Å². The molecule has 0 radical (unpaired) electrons. The Morgan fingerprint density at radius 2 is 1.87 bits per heavy atom. The first-order valence-electron chi connectivity index (χ1n) is 4.81. The van der Waals surface area contributed by atoms with Crippen molar-refractivity contribution in [1.29, 1.82) is 0 Å². The van der Waals surface area contributed by atoms with Gasteiger partial charge in [-0.05, 0) is 27.7 Å². The van der Waals surface area contributed by atoms with E-state index in [0.717, 1.165) is 0 Å². The van der Waals surface area contributed by atoms with Crippen molar-refractivity contribution in [2.45, 2.75) is 43.9 Å². The smallest absolute Gasteiger partial charge is 0.229 e. The average molecular weight is 235 g/mol.